The summed E-state index contributed by atoms with van der Waals surface area (Å²) in [5, 5.41) is 20.9. The normalized spacial score (nSPS) is 14.6. The highest BCUT2D eigenvalue weighted by Gasteiger charge is 2.21. The van der Waals surface area contributed by atoms with Gasteiger partial charge in [-0.25, -0.2) is 0 Å². The molecular weight excluding hydrogens is 278 g/mol. The number of rotatable bonds is 3. The summed E-state index contributed by atoms with van der Waals surface area (Å²) >= 11 is 0. The van der Waals surface area contributed by atoms with E-state index in [0.717, 1.165) is 25.9 Å². The van der Waals surface area contributed by atoms with E-state index >= 15 is 0 Å². The molecule has 0 aromatic heterocycles. The number of nitrogens with one attached hydrogen (secondary N) is 1. The lowest BCUT2D eigenvalue weighted by atomic mass is 9.98. The van der Waals surface area contributed by atoms with Crippen LogP contribution in [0.25, 0.3) is 0 Å². The van der Waals surface area contributed by atoms with E-state index in [0.29, 0.717) is 17.2 Å². The maximum atomic E-state index is 12.5. The highest BCUT2D eigenvalue weighted by molar-refractivity contribution is 6.10. The second-order valence-electron chi connectivity index (χ2n) is 5.35. The first-order chi connectivity index (χ1) is 10.6. The fourth-order valence-electron chi connectivity index (χ4n) is 2.31. The van der Waals surface area contributed by atoms with Crippen LogP contribution in [-0.2, 0) is 0 Å². The van der Waals surface area contributed by atoms with Crippen LogP contribution in [-0.4, -0.2) is 29.6 Å². The molecule has 1 saturated heterocycles. The van der Waals surface area contributed by atoms with Crippen LogP contribution >= 0.6 is 0 Å². The summed E-state index contributed by atoms with van der Waals surface area (Å²) in [5.41, 5.74) is 3.50. The molecule has 0 spiro atoms. The summed E-state index contributed by atoms with van der Waals surface area (Å²) in [6, 6.07) is 10.2. The Morgan fingerprint density at radius 2 is 2.00 bits per heavy atom. The standard InChI is InChI=1S/C16H17N5O/c1-12-5-7-21(8-6-12)16(22)13-3-2-4-14(9-13)19-20-15(10-17)11-18/h2-4,9,12,19H,5-8H2,1H3. The molecule has 0 aliphatic carbocycles. The van der Waals surface area contributed by atoms with Crippen LogP contribution in [0, 0.1) is 28.6 Å². The number of nitrogens with zero attached hydrogens (tertiary/aromatic N) is 4. The number of hydrazone groups is 1. The van der Waals surface area contributed by atoms with Crippen LogP contribution in [0.15, 0.2) is 29.4 Å². The van der Waals surface area contributed by atoms with Crippen molar-refractivity contribution in [3.63, 3.8) is 0 Å². The number of nitriles is 2. The molecule has 6 heteroatoms. The molecule has 112 valence electrons. The van der Waals surface area contributed by atoms with Gasteiger partial charge in [-0.1, -0.05) is 13.0 Å². The Bertz CT molecular complexity index is 644. The minimum atomic E-state index is -0.262. The van der Waals surface area contributed by atoms with Gasteiger partial charge in [0.15, 0.2) is 0 Å². The monoisotopic (exact) mass is 295 g/mol. The second kappa shape index (κ2) is 7.24. The van der Waals surface area contributed by atoms with Gasteiger partial charge in [-0.2, -0.15) is 15.6 Å². The first kappa shape index (κ1) is 15.5. The van der Waals surface area contributed by atoms with E-state index in [1.165, 1.54) is 0 Å². The maximum absolute atomic E-state index is 12.5. The van der Waals surface area contributed by atoms with Crippen molar-refractivity contribution < 1.29 is 4.79 Å². The zero-order chi connectivity index (χ0) is 15.9. The van der Waals surface area contributed by atoms with Crippen LogP contribution < -0.4 is 5.43 Å². The fourth-order valence-corrected chi connectivity index (χ4v) is 2.31. The molecule has 1 aliphatic heterocycles. The van der Waals surface area contributed by atoms with Gasteiger partial charge in [-0.05, 0) is 37.0 Å². The lowest BCUT2D eigenvalue weighted by molar-refractivity contribution is 0.0697. The summed E-state index contributed by atoms with van der Waals surface area (Å²) < 4.78 is 0. The van der Waals surface area contributed by atoms with Crippen molar-refractivity contribution in [3.8, 4) is 12.1 Å². The summed E-state index contributed by atoms with van der Waals surface area (Å²) in [6.45, 7) is 3.76. The molecule has 0 saturated carbocycles. The molecule has 1 N–H and O–H groups in total. The zero-order valence-electron chi connectivity index (χ0n) is 12.4. The van der Waals surface area contributed by atoms with Gasteiger partial charge in [0.2, 0.25) is 5.71 Å². The molecule has 0 unspecified atom stereocenters. The number of benzene rings is 1. The highest BCUT2D eigenvalue weighted by atomic mass is 16.2. The largest absolute Gasteiger partial charge is 0.339 e. The van der Waals surface area contributed by atoms with E-state index < -0.39 is 0 Å². The Morgan fingerprint density at radius 1 is 1.32 bits per heavy atom. The Balaban J connectivity index is 2.08. The predicted molar refractivity (Wildman–Crippen MR) is 83.0 cm³/mol. The third-order valence-electron chi connectivity index (χ3n) is 3.69. The van der Waals surface area contributed by atoms with Crippen molar-refractivity contribution in [1.29, 1.82) is 10.5 Å². The van der Waals surface area contributed by atoms with Gasteiger partial charge in [0.25, 0.3) is 5.91 Å². The first-order valence-corrected chi connectivity index (χ1v) is 7.17. The average Bonchev–Trinajstić information content (AvgIpc) is 2.56. The molecule has 0 atom stereocenters. The quantitative estimate of drug-likeness (QED) is 0.684. The third kappa shape index (κ3) is 3.83. The summed E-state index contributed by atoms with van der Waals surface area (Å²) in [5.74, 6) is 0.669. The van der Waals surface area contributed by atoms with Gasteiger partial charge in [0, 0.05) is 18.7 Å². The first-order valence-electron chi connectivity index (χ1n) is 7.17. The zero-order valence-corrected chi connectivity index (χ0v) is 12.4. The van der Waals surface area contributed by atoms with Crippen molar-refractivity contribution >= 4 is 17.3 Å². The number of anilines is 1. The molecule has 1 aliphatic rings. The topological polar surface area (TPSA) is 92.3 Å². The van der Waals surface area contributed by atoms with Crippen LogP contribution in [0.3, 0.4) is 0 Å². The van der Waals surface area contributed by atoms with Crippen LogP contribution in [0.4, 0.5) is 5.69 Å². The number of piperidine rings is 1. The van der Waals surface area contributed by atoms with E-state index in [4.69, 9.17) is 10.5 Å². The Hall–Kier alpha value is -2.86. The van der Waals surface area contributed by atoms with Gasteiger partial charge >= 0.3 is 0 Å². The molecule has 1 aromatic rings. The van der Waals surface area contributed by atoms with E-state index in [1.807, 2.05) is 4.90 Å². The smallest absolute Gasteiger partial charge is 0.253 e. The highest BCUT2D eigenvalue weighted by Crippen LogP contribution is 2.19. The van der Waals surface area contributed by atoms with Crippen molar-refractivity contribution in [1.82, 2.24) is 4.90 Å². The van der Waals surface area contributed by atoms with Crippen molar-refractivity contribution in [2.45, 2.75) is 19.8 Å². The van der Waals surface area contributed by atoms with Crippen molar-refractivity contribution in [2.24, 2.45) is 11.0 Å². The fraction of sp³-hybridized carbons (Fsp3) is 0.375. The Morgan fingerprint density at radius 3 is 2.64 bits per heavy atom. The van der Waals surface area contributed by atoms with Crippen molar-refractivity contribution in [3.05, 3.63) is 29.8 Å². The van der Waals surface area contributed by atoms with E-state index in [-0.39, 0.29) is 11.6 Å². The number of hydrogen-bond acceptors (Lipinski definition) is 5. The SMILES string of the molecule is CC1CCN(C(=O)c2cccc(NN=C(C#N)C#N)c2)CC1. The van der Waals surface area contributed by atoms with Crippen LogP contribution in [0.5, 0.6) is 0 Å². The average molecular weight is 295 g/mol. The number of carbonyl (C=O) groups is 1. The Labute approximate surface area is 129 Å². The minimum absolute atomic E-state index is 0.000296. The second-order valence-corrected chi connectivity index (χ2v) is 5.35. The lowest BCUT2D eigenvalue weighted by Gasteiger charge is -2.30. The summed E-state index contributed by atoms with van der Waals surface area (Å²) in [7, 11) is 0. The molecule has 1 amide bonds. The van der Waals surface area contributed by atoms with Gasteiger partial charge in [-0.15, -0.1) is 0 Å². The van der Waals surface area contributed by atoms with Gasteiger partial charge < -0.3 is 4.90 Å². The molecule has 6 nitrogen and oxygen atoms in total. The predicted octanol–water partition coefficient (Wildman–Crippen LogP) is 2.37. The third-order valence-corrected chi connectivity index (χ3v) is 3.69. The summed E-state index contributed by atoms with van der Waals surface area (Å²) in [4.78, 5) is 14.3. The van der Waals surface area contributed by atoms with E-state index in [1.54, 1.807) is 36.4 Å². The van der Waals surface area contributed by atoms with E-state index in [2.05, 4.69) is 17.5 Å². The molecule has 1 fully saturated rings. The van der Waals surface area contributed by atoms with Gasteiger partial charge in [0.05, 0.1) is 5.69 Å². The molecule has 1 heterocycles. The van der Waals surface area contributed by atoms with Crippen LogP contribution in [0.2, 0.25) is 0 Å². The number of amides is 1. The van der Waals surface area contributed by atoms with E-state index in [9.17, 15) is 4.79 Å². The van der Waals surface area contributed by atoms with Crippen molar-refractivity contribution in [2.75, 3.05) is 18.5 Å². The number of carbonyl (C=O) groups excluding carboxylic acids is 1. The van der Waals surface area contributed by atoms with Gasteiger partial charge in [-0.3, -0.25) is 10.2 Å². The van der Waals surface area contributed by atoms with Crippen LogP contribution in [0.1, 0.15) is 30.1 Å². The molecule has 2 rings (SSSR count). The lowest BCUT2D eigenvalue weighted by Crippen LogP contribution is -2.37. The minimum Gasteiger partial charge on any atom is -0.339 e. The summed E-state index contributed by atoms with van der Waals surface area (Å²) in [6.07, 6.45) is 2.06. The number of likely N-dealkylation sites (tertiary alicyclic amines) is 1. The van der Waals surface area contributed by atoms with Gasteiger partial charge in [0.1, 0.15) is 12.1 Å². The molecular formula is C16H17N5O. The number of hydrogen-bond donors (Lipinski definition) is 1. The maximum Gasteiger partial charge on any atom is 0.253 e. The Kier molecular flexibility index (Phi) is 5.11. The molecule has 1 aromatic carbocycles. The molecule has 22 heavy (non-hydrogen) atoms. The molecule has 0 bridgehead atoms. The molecule has 0 radical (unpaired) electrons.